The van der Waals surface area contributed by atoms with Crippen LogP contribution in [0.2, 0.25) is 0 Å². The topological polar surface area (TPSA) is 57.1 Å². The molecule has 3 rings (SSSR count). The van der Waals surface area contributed by atoms with Crippen LogP contribution >= 0.6 is 15.9 Å². The lowest BCUT2D eigenvalue weighted by molar-refractivity contribution is -0.662. The zero-order valence-corrected chi connectivity index (χ0v) is 15.1. The number of carbonyl (C=O) groups excluding carboxylic acids is 1. The average Bonchev–Trinajstić information content (AvgIpc) is 2.63. The predicted octanol–water partition coefficient (Wildman–Crippen LogP) is 2.08. The zero-order chi connectivity index (χ0) is 16.9. The number of rotatable bonds is 4. The average molecular weight is 390 g/mol. The Balaban J connectivity index is 1.90. The summed E-state index contributed by atoms with van der Waals surface area (Å²) < 4.78 is 0.899. The summed E-state index contributed by atoms with van der Waals surface area (Å²) in [5.41, 5.74) is 1.83. The zero-order valence-electron chi connectivity index (χ0n) is 13.5. The number of hydrogen-bond donors (Lipinski definition) is 2. The van der Waals surface area contributed by atoms with Gasteiger partial charge in [-0.1, -0.05) is 46.3 Å². The molecular weight excluding hydrogens is 368 g/mol. The normalized spacial score (nSPS) is 16.0. The highest BCUT2D eigenvalue weighted by molar-refractivity contribution is 9.10. The van der Waals surface area contributed by atoms with E-state index in [4.69, 9.17) is 0 Å². The van der Waals surface area contributed by atoms with Gasteiger partial charge in [0.2, 0.25) is 5.91 Å². The van der Waals surface area contributed by atoms with Crippen molar-refractivity contribution in [2.75, 3.05) is 26.2 Å². The highest BCUT2D eigenvalue weighted by Gasteiger charge is 2.25. The van der Waals surface area contributed by atoms with Crippen molar-refractivity contribution >= 4 is 21.8 Å². The van der Waals surface area contributed by atoms with E-state index in [1.807, 2.05) is 47.4 Å². The Morgan fingerprint density at radius 1 is 1.17 bits per heavy atom. The van der Waals surface area contributed by atoms with Crippen LogP contribution in [0.15, 0.2) is 53.0 Å². The van der Waals surface area contributed by atoms with E-state index in [-0.39, 0.29) is 17.6 Å². The molecule has 0 spiro atoms. The lowest BCUT2D eigenvalue weighted by atomic mass is 9.87. The molecule has 1 saturated heterocycles. The summed E-state index contributed by atoms with van der Waals surface area (Å²) in [5.74, 6) is 0.227. The molecule has 1 fully saturated rings. The summed E-state index contributed by atoms with van der Waals surface area (Å²) in [6.07, 6.45) is 0.369. The van der Waals surface area contributed by atoms with Gasteiger partial charge in [0.1, 0.15) is 5.75 Å². The highest BCUT2D eigenvalue weighted by atomic mass is 79.9. The van der Waals surface area contributed by atoms with E-state index < -0.39 is 0 Å². The third-order valence-electron chi connectivity index (χ3n) is 4.50. The maximum Gasteiger partial charge on any atom is 0.223 e. The van der Waals surface area contributed by atoms with Gasteiger partial charge in [0.15, 0.2) is 0 Å². The van der Waals surface area contributed by atoms with Crippen LogP contribution in [-0.4, -0.2) is 42.1 Å². The molecule has 1 heterocycles. The Bertz CT molecular complexity index is 700. The fraction of sp³-hybridized carbons (Fsp3) is 0.316. The van der Waals surface area contributed by atoms with E-state index in [0.29, 0.717) is 6.42 Å². The summed E-state index contributed by atoms with van der Waals surface area (Å²) >= 11 is 3.47. The second-order valence-electron chi connectivity index (χ2n) is 6.12. The molecule has 0 unspecified atom stereocenters. The van der Waals surface area contributed by atoms with Gasteiger partial charge < -0.3 is 15.3 Å². The number of nitrogens with two attached hydrogens (primary N) is 1. The van der Waals surface area contributed by atoms with Crippen molar-refractivity contribution in [1.82, 2.24) is 4.90 Å². The van der Waals surface area contributed by atoms with Crippen LogP contribution in [0.4, 0.5) is 0 Å². The predicted molar refractivity (Wildman–Crippen MR) is 96.9 cm³/mol. The van der Waals surface area contributed by atoms with Crippen molar-refractivity contribution < 1.29 is 15.2 Å². The largest absolute Gasteiger partial charge is 0.508 e. The van der Waals surface area contributed by atoms with Crippen LogP contribution in [0.3, 0.4) is 0 Å². The minimum atomic E-state index is -0.151. The number of quaternary nitrogens is 1. The molecule has 0 bridgehead atoms. The molecule has 3 N–H and O–H groups in total. The number of benzene rings is 2. The Labute approximate surface area is 150 Å². The van der Waals surface area contributed by atoms with E-state index >= 15 is 0 Å². The number of carbonyl (C=O) groups is 1. The van der Waals surface area contributed by atoms with Crippen molar-refractivity contribution in [1.29, 1.82) is 0 Å². The molecule has 2 aromatic carbocycles. The van der Waals surface area contributed by atoms with Gasteiger partial charge in [-0.25, -0.2) is 0 Å². The van der Waals surface area contributed by atoms with Crippen molar-refractivity contribution in [3.8, 4) is 5.75 Å². The fourth-order valence-corrected chi connectivity index (χ4v) is 3.58. The first-order valence-electron chi connectivity index (χ1n) is 8.28. The lowest BCUT2D eigenvalue weighted by Gasteiger charge is -2.28. The van der Waals surface area contributed by atoms with Gasteiger partial charge in [0.25, 0.3) is 0 Å². The van der Waals surface area contributed by atoms with Gasteiger partial charge in [-0.15, -0.1) is 0 Å². The molecule has 0 aromatic heterocycles. The van der Waals surface area contributed by atoms with E-state index in [0.717, 1.165) is 41.8 Å². The van der Waals surface area contributed by atoms with Crippen LogP contribution in [0, 0.1) is 0 Å². The van der Waals surface area contributed by atoms with Crippen LogP contribution in [0.25, 0.3) is 0 Å². The number of phenolic OH excluding ortho intramolecular Hbond substituents is 1. The first kappa shape index (κ1) is 17.0. The molecule has 1 aliphatic heterocycles. The molecule has 126 valence electrons. The second-order valence-corrected chi connectivity index (χ2v) is 7.03. The molecule has 2 aromatic rings. The van der Waals surface area contributed by atoms with Gasteiger partial charge in [-0.3, -0.25) is 4.79 Å². The molecule has 0 saturated carbocycles. The number of piperazine rings is 1. The number of nitrogens with zero attached hydrogens (tertiary/aromatic N) is 1. The van der Waals surface area contributed by atoms with Gasteiger partial charge in [-0.05, 0) is 23.8 Å². The van der Waals surface area contributed by atoms with Crippen LogP contribution < -0.4 is 5.32 Å². The minimum absolute atomic E-state index is 0.149. The van der Waals surface area contributed by atoms with Gasteiger partial charge in [-0.2, -0.15) is 0 Å². The molecule has 1 amide bonds. The third-order valence-corrected chi connectivity index (χ3v) is 5.00. The number of aromatic hydroxyl groups is 1. The SMILES string of the molecule is O=C(C[C@@H](c1ccccc1)c1cc(Br)ccc1O)N1CC[NH2+]CC1. The maximum absolute atomic E-state index is 12.8. The quantitative estimate of drug-likeness (QED) is 0.840. The van der Waals surface area contributed by atoms with Crippen molar-refractivity contribution in [3.05, 3.63) is 64.1 Å². The lowest BCUT2D eigenvalue weighted by Crippen LogP contribution is -2.89. The number of amides is 1. The third kappa shape index (κ3) is 3.97. The van der Waals surface area contributed by atoms with Gasteiger partial charge >= 0.3 is 0 Å². The van der Waals surface area contributed by atoms with Crippen LogP contribution in [-0.2, 0) is 4.79 Å². The Kier molecular flexibility index (Phi) is 5.53. The molecular formula is C19H22BrN2O2+. The van der Waals surface area contributed by atoms with Gasteiger partial charge in [0, 0.05) is 22.4 Å². The van der Waals surface area contributed by atoms with E-state index in [1.54, 1.807) is 6.07 Å². The van der Waals surface area contributed by atoms with Crippen LogP contribution in [0.1, 0.15) is 23.5 Å². The summed E-state index contributed by atoms with van der Waals surface area (Å²) in [4.78, 5) is 14.7. The first-order chi connectivity index (χ1) is 11.6. The summed E-state index contributed by atoms with van der Waals surface area (Å²) in [6.45, 7) is 3.52. The second kappa shape index (κ2) is 7.81. The van der Waals surface area contributed by atoms with E-state index in [9.17, 15) is 9.90 Å². The minimum Gasteiger partial charge on any atom is -0.508 e. The summed E-state index contributed by atoms with van der Waals surface area (Å²) in [5, 5.41) is 12.6. The standard InChI is InChI=1S/C19H21BrN2O2/c20-15-6-7-18(23)17(12-15)16(14-4-2-1-3-5-14)13-19(24)22-10-8-21-9-11-22/h1-7,12,16,21,23H,8-11,13H2/p+1/t16-/m0/s1. The van der Waals surface area contributed by atoms with Crippen LogP contribution in [0.5, 0.6) is 5.75 Å². The number of halogens is 1. The van der Waals surface area contributed by atoms with E-state index in [2.05, 4.69) is 21.2 Å². The smallest absolute Gasteiger partial charge is 0.223 e. The van der Waals surface area contributed by atoms with Crippen molar-refractivity contribution in [2.24, 2.45) is 0 Å². The Hall–Kier alpha value is -1.85. The molecule has 1 atom stereocenters. The van der Waals surface area contributed by atoms with Gasteiger partial charge in [0.05, 0.1) is 26.2 Å². The first-order valence-corrected chi connectivity index (χ1v) is 9.07. The molecule has 24 heavy (non-hydrogen) atoms. The van der Waals surface area contributed by atoms with Crippen molar-refractivity contribution in [3.63, 3.8) is 0 Å². The Morgan fingerprint density at radius 3 is 2.58 bits per heavy atom. The number of phenols is 1. The highest BCUT2D eigenvalue weighted by Crippen LogP contribution is 2.36. The summed E-state index contributed by atoms with van der Waals surface area (Å²) in [7, 11) is 0. The molecule has 4 nitrogen and oxygen atoms in total. The molecule has 1 aliphatic rings. The van der Waals surface area contributed by atoms with Crippen molar-refractivity contribution in [2.45, 2.75) is 12.3 Å². The maximum atomic E-state index is 12.8. The Morgan fingerprint density at radius 2 is 1.88 bits per heavy atom. The molecule has 0 radical (unpaired) electrons. The molecule has 5 heteroatoms. The monoisotopic (exact) mass is 389 g/mol. The summed E-state index contributed by atoms with van der Waals surface area (Å²) in [6, 6.07) is 15.3. The number of hydrogen-bond acceptors (Lipinski definition) is 2. The van der Waals surface area contributed by atoms with E-state index in [1.165, 1.54) is 0 Å². The molecule has 0 aliphatic carbocycles. The fourth-order valence-electron chi connectivity index (χ4n) is 3.20.